The number of hydrogen-bond acceptors (Lipinski definition) is 4. The van der Waals surface area contributed by atoms with Gasteiger partial charge in [-0.15, -0.1) is 0 Å². The van der Waals surface area contributed by atoms with Gasteiger partial charge in [-0.1, -0.05) is 18.3 Å². The minimum atomic E-state index is -0.269. The van der Waals surface area contributed by atoms with E-state index in [1.165, 1.54) is 0 Å². The van der Waals surface area contributed by atoms with Crippen LogP contribution in [0.1, 0.15) is 16.1 Å². The van der Waals surface area contributed by atoms with E-state index in [1.807, 2.05) is 35.0 Å². The monoisotopic (exact) mass is 350 g/mol. The van der Waals surface area contributed by atoms with Crippen LogP contribution >= 0.6 is 12.2 Å². The van der Waals surface area contributed by atoms with Crippen LogP contribution < -0.4 is 5.32 Å². The predicted molar refractivity (Wildman–Crippen MR) is 96.1 cm³/mol. The predicted octanol–water partition coefficient (Wildman–Crippen LogP) is 2.89. The molecule has 0 atom stereocenters. The van der Waals surface area contributed by atoms with Crippen molar-refractivity contribution in [2.24, 2.45) is 0 Å². The summed E-state index contributed by atoms with van der Waals surface area (Å²) in [6, 6.07) is 9.25. The highest BCUT2D eigenvalue weighted by atomic mass is 32.1. The lowest BCUT2D eigenvalue weighted by atomic mass is 10.2. The second-order valence-electron chi connectivity index (χ2n) is 5.49. The minimum absolute atomic E-state index is 0.269. The second-order valence-corrected chi connectivity index (χ2v) is 5.90. The lowest BCUT2D eigenvalue weighted by molar-refractivity contribution is 0.102. The van der Waals surface area contributed by atoms with Gasteiger partial charge in [-0.05, 0) is 24.3 Å². The van der Waals surface area contributed by atoms with E-state index in [2.05, 4.69) is 20.4 Å². The van der Waals surface area contributed by atoms with Crippen LogP contribution in [0.4, 0.5) is 5.69 Å². The Morgan fingerprint density at radius 2 is 2.16 bits per heavy atom. The molecule has 2 N–H and O–H groups in total. The van der Waals surface area contributed by atoms with Crippen LogP contribution in [-0.4, -0.2) is 30.1 Å². The van der Waals surface area contributed by atoms with E-state index < -0.39 is 0 Å². The maximum absolute atomic E-state index is 12.3. The first-order valence-corrected chi connectivity index (χ1v) is 8.04. The Morgan fingerprint density at radius 1 is 1.24 bits per heavy atom. The molecule has 0 aliphatic carbocycles. The quantitative estimate of drug-likeness (QED) is 0.555. The van der Waals surface area contributed by atoms with E-state index in [4.69, 9.17) is 12.2 Å². The molecule has 0 saturated heterocycles. The maximum atomic E-state index is 12.3. The Labute approximate surface area is 148 Å². The van der Waals surface area contributed by atoms with Crippen molar-refractivity contribution < 1.29 is 4.79 Å². The first-order chi connectivity index (χ1) is 12.2. The molecule has 0 aliphatic rings. The third kappa shape index (κ3) is 3.20. The smallest absolute Gasteiger partial charge is 0.258 e. The van der Waals surface area contributed by atoms with E-state index in [9.17, 15) is 4.79 Å². The standard InChI is InChI=1S/C17H14N6OS/c24-16(14-4-3-6-18-17(14)25)21-12-8-19-23(10-12)11-13-9-22-7-2-1-5-15(22)20-13/h1-10H,11H2,(H,18,25)(H,21,24). The zero-order chi connectivity index (χ0) is 17.2. The van der Waals surface area contributed by atoms with Crippen LogP contribution in [0.5, 0.6) is 0 Å². The maximum Gasteiger partial charge on any atom is 0.258 e. The molecule has 0 saturated carbocycles. The fourth-order valence-electron chi connectivity index (χ4n) is 2.54. The molecule has 8 heteroatoms. The molecule has 0 radical (unpaired) electrons. The SMILES string of the molecule is O=C(Nc1cnn(Cc2cn3ccccc3n2)c1)c1ccc[nH]c1=S. The van der Waals surface area contributed by atoms with Gasteiger partial charge in [0.05, 0.1) is 29.7 Å². The van der Waals surface area contributed by atoms with Crippen LogP contribution in [0.15, 0.2) is 61.3 Å². The third-order valence-electron chi connectivity index (χ3n) is 3.69. The summed E-state index contributed by atoms with van der Waals surface area (Å²) < 4.78 is 4.08. The number of pyridine rings is 2. The van der Waals surface area contributed by atoms with E-state index >= 15 is 0 Å². The number of nitrogens with one attached hydrogen (secondary N) is 2. The average Bonchev–Trinajstić information content (AvgIpc) is 3.21. The molecule has 0 spiro atoms. The molecule has 0 aromatic carbocycles. The van der Waals surface area contributed by atoms with Crippen LogP contribution in [0, 0.1) is 4.64 Å². The lowest BCUT2D eigenvalue weighted by Crippen LogP contribution is -2.12. The van der Waals surface area contributed by atoms with Crippen LogP contribution in [0.2, 0.25) is 0 Å². The van der Waals surface area contributed by atoms with Crippen molar-refractivity contribution in [2.75, 3.05) is 5.32 Å². The molecule has 25 heavy (non-hydrogen) atoms. The molecule has 0 aliphatic heterocycles. The van der Waals surface area contributed by atoms with E-state index in [0.717, 1.165) is 11.3 Å². The number of anilines is 1. The number of nitrogens with zero attached hydrogens (tertiary/aromatic N) is 4. The van der Waals surface area contributed by atoms with Crippen molar-refractivity contribution >= 4 is 29.5 Å². The number of amides is 1. The van der Waals surface area contributed by atoms with Crippen LogP contribution in [0.3, 0.4) is 0 Å². The van der Waals surface area contributed by atoms with Gasteiger partial charge in [0.25, 0.3) is 5.91 Å². The van der Waals surface area contributed by atoms with Crippen molar-refractivity contribution in [3.8, 4) is 0 Å². The summed E-state index contributed by atoms with van der Waals surface area (Å²) >= 11 is 5.12. The minimum Gasteiger partial charge on any atom is -0.352 e. The molecule has 0 fully saturated rings. The zero-order valence-electron chi connectivity index (χ0n) is 13.1. The first kappa shape index (κ1) is 15.3. The summed E-state index contributed by atoms with van der Waals surface area (Å²) in [5.41, 5.74) is 2.80. The molecule has 124 valence electrons. The summed E-state index contributed by atoms with van der Waals surface area (Å²) in [5.74, 6) is -0.269. The molecule has 4 rings (SSSR count). The fourth-order valence-corrected chi connectivity index (χ4v) is 2.77. The lowest BCUT2D eigenvalue weighted by Gasteiger charge is -2.02. The summed E-state index contributed by atoms with van der Waals surface area (Å²) in [6.45, 7) is 0.517. The van der Waals surface area contributed by atoms with E-state index in [0.29, 0.717) is 22.4 Å². The molecule has 1 amide bonds. The van der Waals surface area contributed by atoms with Crippen molar-refractivity contribution in [3.05, 3.63) is 77.2 Å². The van der Waals surface area contributed by atoms with Crippen molar-refractivity contribution in [1.82, 2.24) is 24.1 Å². The second kappa shape index (κ2) is 6.33. The number of hydrogen-bond donors (Lipinski definition) is 2. The first-order valence-electron chi connectivity index (χ1n) is 7.63. The molecule has 4 aromatic heterocycles. The van der Waals surface area contributed by atoms with E-state index in [-0.39, 0.29) is 5.91 Å². The highest BCUT2D eigenvalue weighted by molar-refractivity contribution is 7.71. The van der Waals surface area contributed by atoms with Crippen LogP contribution in [-0.2, 0) is 6.54 Å². The number of carbonyl (C=O) groups excluding carboxylic acids is 1. The molecular formula is C17H14N6OS. The van der Waals surface area contributed by atoms with Gasteiger partial charge < -0.3 is 14.7 Å². The largest absolute Gasteiger partial charge is 0.352 e. The number of aromatic amines is 1. The molecule has 4 heterocycles. The molecular weight excluding hydrogens is 336 g/mol. The average molecular weight is 350 g/mol. The molecule has 4 aromatic rings. The van der Waals surface area contributed by atoms with Gasteiger partial charge in [-0.3, -0.25) is 9.48 Å². The van der Waals surface area contributed by atoms with Gasteiger partial charge in [-0.2, -0.15) is 5.10 Å². The van der Waals surface area contributed by atoms with Crippen molar-refractivity contribution in [3.63, 3.8) is 0 Å². The number of rotatable bonds is 4. The van der Waals surface area contributed by atoms with Crippen molar-refractivity contribution in [1.29, 1.82) is 0 Å². The Hall–Kier alpha value is -3.26. The van der Waals surface area contributed by atoms with Crippen molar-refractivity contribution in [2.45, 2.75) is 6.54 Å². The molecule has 7 nitrogen and oxygen atoms in total. The number of imidazole rings is 1. The molecule has 0 bridgehead atoms. The Balaban J connectivity index is 1.49. The zero-order valence-corrected chi connectivity index (χ0v) is 13.9. The van der Waals surface area contributed by atoms with Gasteiger partial charge in [0, 0.05) is 24.8 Å². The van der Waals surface area contributed by atoms with Gasteiger partial charge in [-0.25, -0.2) is 4.98 Å². The Bertz CT molecular complexity index is 1080. The fraction of sp³-hybridized carbons (Fsp3) is 0.0588. The topological polar surface area (TPSA) is 80.0 Å². The van der Waals surface area contributed by atoms with Gasteiger partial charge >= 0.3 is 0 Å². The Morgan fingerprint density at radius 3 is 3.00 bits per heavy atom. The highest BCUT2D eigenvalue weighted by Crippen LogP contribution is 2.11. The van der Waals surface area contributed by atoms with Gasteiger partial charge in [0.2, 0.25) is 0 Å². The normalized spacial score (nSPS) is 10.9. The number of fused-ring (bicyclic) bond motifs is 1. The summed E-state index contributed by atoms with van der Waals surface area (Å²) in [5, 5.41) is 7.07. The number of H-pyrrole nitrogens is 1. The highest BCUT2D eigenvalue weighted by Gasteiger charge is 2.10. The van der Waals surface area contributed by atoms with Gasteiger partial charge in [0.15, 0.2) is 0 Å². The van der Waals surface area contributed by atoms with E-state index in [1.54, 1.807) is 35.4 Å². The summed E-state index contributed by atoms with van der Waals surface area (Å²) in [4.78, 5) is 19.6. The van der Waals surface area contributed by atoms with Gasteiger partial charge in [0.1, 0.15) is 10.3 Å². The summed E-state index contributed by atoms with van der Waals surface area (Å²) in [6.07, 6.45) is 8.95. The molecule has 0 unspecified atom stereocenters. The third-order valence-corrected chi connectivity index (χ3v) is 4.03. The number of carbonyl (C=O) groups is 1. The van der Waals surface area contributed by atoms with Crippen LogP contribution in [0.25, 0.3) is 5.65 Å². The Kier molecular flexibility index (Phi) is 3.87. The summed E-state index contributed by atoms with van der Waals surface area (Å²) in [7, 11) is 0. The number of aromatic nitrogens is 5.